The van der Waals surface area contributed by atoms with Crippen molar-refractivity contribution in [1.29, 1.82) is 0 Å². The van der Waals surface area contributed by atoms with E-state index in [0.717, 1.165) is 10.5 Å². The van der Waals surface area contributed by atoms with Crippen molar-refractivity contribution in [3.63, 3.8) is 0 Å². The van der Waals surface area contributed by atoms with Gasteiger partial charge in [0.15, 0.2) is 0 Å². The number of benzene rings is 1. The van der Waals surface area contributed by atoms with Gasteiger partial charge in [0.1, 0.15) is 11.0 Å². The third-order valence-electron chi connectivity index (χ3n) is 2.11. The Kier molecular flexibility index (Phi) is 2.29. The molecule has 0 bridgehead atoms. The molecule has 0 unspecified atom stereocenters. The molecule has 1 aliphatic heterocycles. The highest BCUT2D eigenvalue weighted by molar-refractivity contribution is 7.93. The van der Waals surface area contributed by atoms with Crippen LogP contribution in [0.15, 0.2) is 36.4 Å². The molecule has 1 aromatic rings. The van der Waals surface area contributed by atoms with E-state index in [9.17, 15) is 4.21 Å². The highest BCUT2D eigenvalue weighted by Gasteiger charge is 2.28. The van der Waals surface area contributed by atoms with Gasteiger partial charge in [0.25, 0.3) is 0 Å². The van der Waals surface area contributed by atoms with Crippen molar-refractivity contribution in [3.8, 4) is 0 Å². The molecule has 74 valence electrons. The van der Waals surface area contributed by atoms with Crippen LogP contribution >= 0.6 is 0 Å². The van der Waals surface area contributed by atoms with Crippen LogP contribution in [-0.4, -0.2) is 9.75 Å². The molecule has 14 heavy (non-hydrogen) atoms. The van der Waals surface area contributed by atoms with E-state index in [4.69, 9.17) is 0 Å². The van der Waals surface area contributed by atoms with E-state index >= 15 is 0 Å². The molecule has 0 radical (unpaired) electrons. The molecule has 1 heterocycles. The normalized spacial score (nSPS) is 24.7. The molecule has 2 nitrogen and oxygen atoms in total. The Hall–Kier alpha value is -0.930. The molecule has 1 aromatic carbocycles. The zero-order chi connectivity index (χ0) is 10.2. The second kappa shape index (κ2) is 3.33. The predicted molar refractivity (Wildman–Crippen MR) is 59.8 cm³/mol. The van der Waals surface area contributed by atoms with Gasteiger partial charge >= 0.3 is 0 Å². The minimum Gasteiger partial charge on any atom is -0.237 e. The van der Waals surface area contributed by atoms with Crippen LogP contribution in [0.25, 0.3) is 4.91 Å². The zero-order valence-electron chi connectivity index (χ0n) is 8.28. The van der Waals surface area contributed by atoms with Crippen LogP contribution in [0, 0.1) is 0 Å². The molecule has 0 aromatic heterocycles. The average molecular weight is 207 g/mol. The van der Waals surface area contributed by atoms with Crippen molar-refractivity contribution < 1.29 is 4.21 Å². The molecule has 1 atom stereocenters. The summed E-state index contributed by atoms with van der Waals surface area (Å²) in [6.45, 7) is 4.03. The smallest absolute Gasteiger partial charge is 0.126 e. The van der Waals surface area contributed by atoms with E-state index in [0.29, 0.717) is 0 Å². The molecule has 1 aliphatic rings. The van der Waals surface area contributed by atoms with Crippen molar-refractivity contribution in [1.82, 2.24) is 4.72 Å². The van der Waals surface area contributed by atoms with E-state index in [1.54, 1.807) is 0 Å². The summed E-state index contributed by atoms with van der Waals surface area (Å²) in [6.07, 6.45) is 2.03. The summed E-state index contributed by atoms with van der Waals surface area (Å²) in [7, 11) is -1.07. The van der Waals surface area contributed by atoms with Crippen LogP contribution in [0.2, 0.25) is 0 Å². The lowest BCUT2D eigenvalue weighted by Crippen LogP contribution is -2.32. The Balaban J connectivity index is 2.42. The van der Waals surface area contributed by atoms with Crippen molar-refractivity contribution in [2.45, 2.75) is 19.4 Å². The minimum atomic E-state index is -1.07. The monoisotopic (exact) mass is 207 g/mol. The van der Waals surface area contributed by atoms with E-state index in [1.165, 1.54) is 0 Å². The van der Waals surface area contributed by atoms with E-state index in [2.05, 4.69) is 4.72 Å². The topological polar surface area (TPSA) is 29.1 Å². The molecule has 0 saturated heterocycles. The summed E-state index contributed by atoms with van der Waals surface area (Å²) in [6, 6.07) is 9.83. The van der Waals surface area contributed by atoms with Gasteiger partial charge in [0, 0.05) is 5.54 Å². The first kappa shape index (κ1) is 9.62. The standard InChI is InChI=1S/C11H13NOS/c1-11(2)8-10(14(13)12-11)9-6-4-3-5-7-9/h3-8,12H,1-2H3/t14-/m1/s1. The van der Waals surface area contributed by atoms with Crippen molar-refractivity contribution in [3.05, 3.63) is 42.0 Å². The van der Waals surface area contributed by atoms with Gasteiger partial charge in [-0.1, -0.05) is 30.3 Å². The number of rotatable bonds is 1. The van der Waals surface area contributed by atoms with Crippen LogP contribution in [0.1, 0.15) is 19.4 Å². The zero-order valence-corrected chi connectivity index (χ0v) is 9.10. The summed E-state index contributed by atoms with van der Waals surface area (Å²) in [5.41, 5.74) is 0.861. The first-order chi connectivity index (χ1) is 6.58. The third kappa shape index (κ3) is 1.79. The van der Waals surface area contributed by atoms with Gasteiger partial charge in [-0.25, -0.2) is 8.93 Å². The number of nitrogens with one attached hydrogen (secondary N) is 1. The van der Waals surface area contributed by atoms with Gasteiger partial charge in [0.05, 0.1) is 4.91 Å². The van der Waals surface area contributed by atoms with Gasteiger partial charge in [-0.2, -0.15) is 0 Å². The fourth-order valence-corrected chi connectivity index (χ4v) is 2.90. The molecule has 0 fully saturated rings. The predicted octanol–water partition coefficient (Wildman–Crippen LogP) is 2.07. The lowest BCUT2D eigenvalue weighted by Gasteiger charge is -2.12. The molecule has 0 saturated carbocycles. The minimum absolute atomic E-state index is 0.171. The summed E-state index contributed by atoms with van der Waals surface area (Å²) < 4.78 is 14.7. The summed E-state index contributed by atoms with van der Waals surface area (Å²) >= 11 is 0. The van der Waals surface area contributed by atoms with Crippen LogP contribution in [0.3, 0.4) is 0 Å². The Bertz CT molecular complexity index is 395. The lowest BCUT2D eigenvalue weighted by atomic mass is 10.1. The van der Waals surface area contributed by atoms with Gasteiger partial charge in [-0.05, 0) is 25.5 Å². The maximum Gasteiger partial charge on any atom is 0.126 e. The van der Waals surface area contributed by atoms with Crippen LogP contribution in [0.5, 0.6) is 0 Å². The molecular weight excluding hydrogens is 194 g/mol. The third-order valence-corrected chi connectivity index (χ3v) is 3.57. The summed E-state index contributed by atoms with van der Waals surface area (Å²) in [5.74, 6) is 0. The van der Waals surface area contributed by atoms with Gasteiger partial charge in [0.2, 0.25) is 0 Å². The highest BCUT2D eigenvalue weighted by atomic mass is 32.2. The average Bonchev–Trinajstić information content (AvgIpc) is 2.41. The quantitative estimate of drug-likeness (QED) is 0.750. The fraction of sp³-hybridized carbons (Fsp3) is 0.273. The van der Waals surface area contributed by atoms with E-state index < -0.39 is 11.0 Å². The second-order valence-corrected chi connectivity index (χ2v) is 5.15. The Labute approximate surface area is 86.6 Å². The van der Waals surface area contributed by atoms with Crippen molar-refractivity contribution >= 4 is 15.9 Å². The maximum atomic E-state index is 11.7. The molecule has 0 aliphatic carbocycles. The van der Waals surface area contributed by atoms with Crippen molar-refractivity contribution in [2.24, 2.45) is 0 Å². The molecular formula is C11H13NOS. The summed E-state index contributed by atoms with van der Waals surface area (Å²) in [4.78, 5) is 0.885. The highest BCUT2D eigenvalue weighted by Crippen LogP contribution is 2.27. The van der Waals surface area contributed by atoms with E-state index in [-0.39, 0.29) is 5.54 Å². The maximum absolute atomic E-state index is 11.7. The van der Waals surface area contributed by atoms with Crippen LogP contribution in [0.4, 0.5) is 0 Å². The van der Waals surface area contributed by atoms with Gasteiger partial charge in [-0.15, -0.1) is 0 Å². The van der Waals surface area contributed by atoms with Crippen LogP contribution < -0.4 is 4.72 Å². The Morgan fingerprint density at radius 3 is 2.36 bits per heavy atom. The SMILES string of the molecule is CC1(C)C=C(c2ccccc2)[S@@](=O)N1. The molecule has 1 N–H and O–H groups in total. The molecule has 2 rings (SSSR count). The first-order valence-corrected chi connectivity index (χ1v) is 5.71. The Morgan fingerprint density at radius 1 is 1.21 bits per heavy atom. The Morgan fingerprint density at radius 2 is 1.86 bits per heavy atom. The number of hydrogen-bond acceptors (Lipinski definition) is 1. The van der Waals surface area contributed by atoms with E-state index in [1.807, 2.05) is 50.3 Å². The van der Waals surface area contributed by atoms with Gasteiger partial charge in [-0.3, -0.25) is 0 Å². The second-order valence-electron chi connectivity index (χ2n) is 3.97. The van der Waals surface area contributed by atoms with Gasteiger partial charge < -0.3 is 0 Å². The lowest BCUT2D eigenvalue weighted by molar-refractivity contribution is 0.594. The number of hydrogen-bond donors (Lipinski definition) is 1. The largest absolute Gasteiger partial charge is 0.237 e. The molecule has 3 heteroatoms. The molecule has 0 amide bonds. The fourth-order valence-electron chi connectivity index (χ4n) is 1.50. The van der Waals surface area contributed by atoms with Crippen LogP contribution in [-0.2, 0) is 11.0 Å². The van der Waals surface area contributed by atoms with Crippen molar-refractivity contribution in [2.75, 3.05) is 0 Å². The molecule has 0 spiro atoms. The summed E-state index contributed by atoms with van der Waals surface area (Å²) in [5, 5.41) is 0. The first-order valence-electron chi connectivity index (χ1n) is 4.56.